The number of pyridine rings is 1. The van der Waals surface area contributed by atoms with Gasteiger partial charge in [0.2, 0.25) is 10.0 Å². The average molecular weight is 280 g/mol. The van der Waals surface area contributed by atoms with E-state index in [1.807, 2.05) is 0 Å². The van der Waals surface area contributed by atoms with Crippen LogP contribution in [-0.2, 0) is 10.0 Å². The van der Waals surface area contributed by atoms with Crippen LogP contribution in [-0.4, -0.2) is 23.6 Å². The number of H-pyrrole nitrogens is 1. The molecule has 0 saturated heterocycles. The lowest BCUT2D eigenvalue weighted by molar-refractivity contribution is 0.565. The van der Waals surface area contributed by atoms with Crippen molar-refractivity contribution in [3.63, 3.8) is 0 Å². The molecule has 0 radical (unpaired) electrons. The van der Waals surface area contributed by atoms with Crippen LogP contribution in [0.15, 0.2) is 29.4 Å². The SMILES string of the molecule is Cc1n[nH]c(C)c1S(=O)(=O)NC(C)c1ccncc1. The minimum Gasteiger partial charge on any atom is -0.281 e. The van der Waals surface area contributed by atoms with Crippen LogP contribution in [0.4, 0.5) is 0 Å². The van der Waals surface area contributed by atoms with Gasteiger partial charge in [0.1, 0.15) is 4.90 Å². The number of aromatic amines is 1. The maximum absolute atomic E-state index is 12.3. The summed E-state index contributed by atoms with van der Waals surface area (Å²) in [6.07, 6.45) is 3.27. The van der Waals surface area contributed by atoms with Crippen molar-refractivity contribution < 1.29 is 8.42 Å². The fourth-order valence-corrected chi connectivity index (χ4v) is 3.55. The lowest BCUT2D eigenvalue weighted by Crippen LogP contribution is -2.27. The van der Waals surface area contributed by atoms with Crippen LogP contribution in [0, 0.1) is 13.8 Å². The molecule has 0 spiro atoms. The zero-order chi connectivity index (χ0) is 14.0. The molecule has 2 rings (SSSR count). The summed E-state index contributed by atoms with van der Waals surface area (Å²) in [5.74, 6) is 0. The molecule has 1 atom stereocenters. The van der Waals surface area contributed by atoms with Gasteiger partial charge in [-0.1, -0.05) is 0 Å². The molecular weight excluding hydrogens is 264 g/mol. The van der Waals surface area contributed by atoms with Gasteiger partial charge in [0.05, 0.1) is 11.4 Å². The van der Waals surface area contributed by atoms with Crippen LogP contribution in [0.1, 0.15) is 29.9 Å². The predicted octanol–water partition coefficient (Wildman–Crippen LogP) is 1.46. The van der Waals surface area contributed by atoms with Crippen LogP contribution >= 0.6 is 0 Å². The van der Waals surface area contributed by atoms with Crippen molar-refractivity contribution in [2.24, 2.45) is 0 Å². The first kappa shape index (κ1) is 13.7. The standard InChI is InChI=1S/C12H16N4O2S/c1-8(11-4-6-13-7-5-11)16-19(17,18)12-9(2)14-15-10(12)3/h4-8,16H,1-3H3,(H,14,15). The fraction of sp³-hybridized carbons (Fsp3) is 0.333. The smallest absolute Gasteiger partial charge is 0.244 e. The number of nitrogens with one attached hydrogen (secondary N) is 2. The second kappa shape index (κ2) is 5.10. The van der Waals surface area contributed by atoms with Gasteiger partial charge < -0.3 is 0 Å². The third-order valence-corrected chi connectivity index (χ3v) is 4.67. The Balaban J connectivity index is 2.28. The van der Waals surface area contributed by atoms with Crippen molar-refractivity contribution in [1.29, 1.82) is 0 Å². The average Bonchev–Trinajstić information content (AvgIpc) is 2.70. The summed E-state index contributed by atoms with van der Waals surface area (Å²) in [6, 6.07) is 3.23. The van der Waals surface area contributed by atoms with Gasteiger partial charge in [-0.2, -0.15) is 5.10 Å². The summed E-state index contributed by atoms with van der Waals surface area (Å²) in [5.41, 5.74) is 1.86. The lowest BCUT2D eigenvalue weighted by Gasteiger charge is -2.14. The highest BCUT2D eigenvalue weighted by atomic mass is 32.2. The van der Waals surface area contributed by atoms with Gasteiger partial charge >= 0.3 is 0 Å². The number of aromatic nitrogens is 3. The van der Waals surface area contributed by atoms with Gasteiger partial charge in [0.15, 0.2) is 0 Å². The van der Waals surface area contributed by atoms with Gasteiger partial charge in [0, 0.05) is 18.4 Å². The number of hydrogen-bond donors (Lipinski definition) is 2. The fourth-order valence-electron chi connectivity index (χ4n) is 1.95. The van der Waals surface area contributed by atoms with E-state index in [1.54, 1.807) is 45.3 Å². The Morgan fingerprint density at radius 1 is 1.26 bits per heavy atom. The molecule has 2 aromatic rings. The van der Waals surface area contributed by atoms with E-state index in [-0.39, 0.29) is 10.9 Å². The van der Waals surface area contributed by atoms with E-state index in [2.05, 4.69) is 19.9 Å². The zero-order valence-electron chi connectivity index (χ0n) is 11.0. The van der Waals surface area contributed by atoms with Crippen LogP contribution < -0.4 is 4.72 Å². The van der Waals surface area contributed by atoms with E-state index < -0.39 is 10.0 Å². The predicted molar refractivity (Wildman–Crippen MR) is 71.0 cm³/mol. The van der Waals surface area contributed by atoms with E-state index in [1.165, 1.54) is 0 Å². The second-order valence-corrected chi connectivity index (χ2v) is 6.04. The van der Waals surface area contributed by atoms with E-state index >= 15 is 0 Å². The number of hydrogen-bond acceptors (Lipinski definition) is 4. The highest BCUT2D eigenvalue weighted by molar-refractivity contribution is 7.89. The summed E-state index contributed by atoms with van der Waals surface area (Å²) in [5, 5.41) is 6.59. The Bertz CT molecular complexity index is 645. The van der Waals surface area contributed by atoms with Crippen LogP contribution in [0.5, 0.6) is 0 Å². The Labute approximate surface area is 112 Å². The number of aryl methyl sites for hydroxylation is 2. The van der Waals surface area contributed by atoms with E-state index in [4.69, 9.17) is 0 Å². The Morgan fingerprint density at radius 2 is 1.89 bits per heavy atom. The molecule has 0 saturated carbocycles. The zero-order valence-corrected chi connectivity index (χ0v) is 11.8. The molecule has 6 nitrogen and oxygen atoms in total. The van der Waals surface area contributed by atoms with Gasteiger partial charge in [-0.25, -0.2) is 13.1 Å². The first-order valence-electron chi connectivity index (χ1n) is 5.85. The molecule has 2 aromatic heterocycles. The molecule has 7 heteroatoms. The van der Waals surface area contributed by atoms with Crippen LogP contribution in [0.3, 0.4) is 0 Å². The molecule has 0 aliphatic carbocycles. The molecule has 0 fully saturated rings. The highest BCUT2D eigenvalue weighted by Crippen LogP contribution is 2.20. The number of nitrogens with zero attached hydrogens (tertiary/aromatic N) is 2. The van der Waals surface area contributed by atoms with Crippen molar-refractivity contribution in [3.8, 4) is 0 Å². The van der Waals surface area contributed by atoms with Crippen molar-refractivity contribution in [2.75, 3.05) is 0 Å². The number of rotatable bonds is 4. The first-order chi connectivity index (χ1) is 8.92. The summed E-state index contributed by atoms with van der Waals surface area (Å²) < 4.78 is 27.3. The normalized spacial score (nSPS) is 13.4. The van der Waals surface area contributed by atoms with Crippen molar-refractivity contribution in [3.05, 3.63) is 41.5 Å². The monoisotopic (exact) mass is 280 g/mol. The van der Waals surface area contributed by atoms with Gasteiger partial charge in [0.25, 0.3) is 0 Å². The van der Waals surface area contributed by atoms with Crippen molar-refractivity contribution >= 4 is 10.0 Å². The highest BCUT2D eigenvalue weighted by Gasteiger charge is 2.24. The number of sulfonamides is 1. The maximum Gasteiger partial charge on any atom is 0.244 e. The molecule has 19 heavy (non-hydrogen) atoms. The molecule has 1 unspecified atom stereocenters. The van der Waals surface area contributed by atoms with Gasteiger partial charge in [-0.15, -0.1) is 0 Å². The molecule has 102 valence electrons. The summed E-state index contributed by atoms with van der Waals surface area (Å²) >= 11 is 0. The van der Waals surface area contributed by atoms with E-state index in [9.17, 15) is 8.42 Å². The summed E-state index contributed by atoms with van der Waals surface area (Å²) in [7, 11) is -3.59. The maximum atomic E-state index is 12.3. The van der Waals surface area contributed by atoms with Crippen LogP contribution in [0.25, 0.3) is 0 Å². The summed E-state index contributed by atoms with van der Waals surface area (Å²) in [6.45, 7) is 5.14. The van der Waals surface area contributed by atoms with Gasteiger partial charge in [-0.05, 0) is 38.5 Å². The molecule has 0 amide bonds. The molecule has 2 heterocycles. The minimum absolute atomic E-state index is 0.216. The Kier molecular flexibility index (Phi) is 3.68. The van der Waals surface area contributed by atoms with Crippen molar-refractivity contribution in [1.82, 2.24) is 19.9 Å². The minimum atomic E-state index is -3.59. The molecular formula is C12H16N4O2S. The molecule has 0 aliphatic heterocycles. The summed E-state index contributed by atoms with van der Waals surface area (Å²) in [4.78, 5) is 4.13. The first-order valence-corrected chi connectivity index (χ1v) is 7.34. The lowest BCUT2D eigenvalue weighted by atomic mass is 10.1. The van der Waals surface area contributed by atoms with E-state index in [0.29, 0.717) is 11.4 Å². The third kappa shape index (κ3) is 2.82. The molecule has 0 aliphatic rings. The second-order valence-electron chi connectivity index (χ2n) is 4.39. The Hall–Kier alpha value is -1.73. The van der Waals surface area contributed by atoms with Gasteiger partial charge in [-0.3, -0.25) is 10.1 Å². The van der Waals surface area contributed by atoms with Crippen molar-refractivity contribution in [2.45, 2.75) is 31.7 Å². The quantitative estimate of drug-likeness (QED) is 0.887. The molecule has 2 N–H and O–H groups in total. The Morgan fingerprint density at radius 3 is 2.42 bits per heavy atom. The third-order valence-electron chi connectivity index (χ3n) is 2.87. The molecule has 0 bridgehead atoms. The van der Waals surface area contributed by atoms with Crippen LogP contribution in [0.2, 0.25) is 0 Å². The largest absolute Gasteiger partial charge is 0.281 e. The topological polar surface area (TPSA) is 87.7 Å². The van der Waals surface area contributed by atoms with E-state index in [0.717, 1.165) is 5.56 Å². The molecule has 0 aromatic carbocycles.